The van der Waals surface area contributed by atoms with Crippen LogP contribution in [0.3, 0.4) is 0 Å². The predicted molar refractivity (Wildman–Crippen MR) is 74.1 cm³/mol. The normalized spacial score (nSPS) is 16.1. The Morgan fingerprint density at radius 2 is 2.12 bits per heavy atom. The summed E-state index contributed by atoms with van der Waals surface area (Å²) in [6.45, 7) is 2.04. The van der Waals surface area contributed by atoms with Crippen LogP contribution in [0, 0.1) is 12.8 Å². The molecule has 2 rings (SSSR count). The van der Waals surface area contributed by atoms with E-state index in [1.54, 1.807) is 0 Å². The third kappa shape index (κ3) is 3.56. The Labute approximate surface area is 111 Å². The number of aryl methyl sites for hydroxylation is 1. The highest BCUT2D eigenvalue weighted by molar-refractivity contribution is 9.10. The molecule has 1 N–H and O–H groups in total. The third-order valence-corrected chi connectivity index (χ3v) is 4.26. The Morgan fingerprint density at radius 1 is 1.41 bits per heavy atom. The third-order valence-electron chi connectivity index (χ3n) is 3.40. The van der Waals surface area contributed by atoms with Crippen molar-refractivity contribution < 1.29 is 4.79 Å². The topological polar surface area (TPSA) is 29.1 Å². The summed E-state index contributed by atoms with van der Waals surface area (Å²) < 4.78 is 1.04. The highest BCUT2D eigenvalue weighted by Crippen LogP contribution is 2.28. The van der Waals surface area contributed by atoms with Crippen molar-refractivity contribution in [2.45, 2.75) is 39.0 Å². The quantitative estimate of drug-likeness (QED) is 0.886. The molecule has 0 bridgehead atoms. The van der Waals surface area contributed by atoms with Crippen LogP contribution >= 0.6 is 15.9 Å². The van der Waals surface area contributed by atoms with Gasteiger partial charge in [-0.15, -0.1) is 0 Å². The van der Waals surface area contributed by atoms with Gasteiger partial charge in [-0.1, -0.05) is 34.8 Å². The molecule has 0 aliphatic heterocycles. The van der Waals surface area contributed by atoms with Gasteiger partial charge < -0.3 is 5.32 Å². The van der Waals surface area contributed by atoms with Crippen LogP contribution < -0.4 is 5.32 Å². The number of hydrogen-bond acceptors (Lipinski definition) is 1. The van der Waals surface area contributed by atoms with Crippen LogP contribution in [0.4, 0.5) is 5.69 Å². The fourth-order valence-corrected chi connectivity index (χ4v) is 2.74. The molecule has 0 heterocycles. The van der Waals surface area contributed by atoms with E-state index in [-0.39, 0.29) is 5.91 Å². The van der Waals surface area contributed by atoms with Crippen molar-refractivity contribution in [2.75, 3.05) is 5.32 Å². The van der Waals surface area contributed by atoms with Crippen molar-refractivity contribution in [3.05, 3.63) is 28.2 Å². The fraction of sp³-hybridized carbons (Fsp3) is 0.500. The van der Waals surface area contributed by atoms with Gasteiger partial charge in [-0.05, 0) is 43.4 Å². The zero-order valence-electron chi connectivity index (χ0n) is 10.1. The van der Waals surface area contributed by atoms with E-state index in [9.17, 15) is 4.79 Å². The summed E-state index contributed by atoms with van der Waals surface area (Å²) >= 11 is 3.47. The largest absolute Gasteiger partial charge is 0.326 e. The zero-order valence-corrected chi connectivity index (χ0v) is 11.7. The van der Waals surface area contributed by atoms with E-state index in [2.05, 4.69) is 21.2 Å². The molecule has 3 heteroatoms. The molecule has 1 fully saturated rings. The van der Waals surface area contributed by atoms with Crippen LogP contribution in [-0.2, 0) is 4.79 Å². The smallest absolute Gasteiger partial charge is 0.224 e. The lowest BCUT2D eigenvalue weighted by molar-refractivity contribution is -0.117. The number of anilines is 1. The van der Waals surface area contributed by atoms with Crippen molar-refractivity contribution in [1.29, 1.82) is 0 Å². The highest BCUT2D eigenvalue weighted by atomic mass is 79.9. The zero-order chi connectivity index (χ0) is 12.3. The molecule has 1 aromatic carbocycles. The first kappa shape index (κ1) is 12.6. The first-order valence-corrected chi connectivity index (χ1v) is 7.00. The maximum atomic E-state index is 11.8. The van der Waals surface area contributed by atoms with Gasteiger partial charge in [-0.3, -0.25) is 4.79 Å². The van der Waals surface area contributed by atoms with Crippen LogP contribution in [0.5, 0.6) is 0 Å². The molecule has 2 nitrogen and oxygen atoms in total. The van der Waals surface area contributed by atoms with Gasteiger partial charge in [0.25, 0.3) is 0 Å². The second kappa shape index (κ2) is 5.67. The van der Waals surface area contributed by atoms with Crippen LogP contribution in [-0.4, -0.2) is 5.91 Å². The second-order valence-electron chi connectivity index (χ2n) is 4.87. The van der Waals surface area contributed by atoms with Crippen molar-refractivity contribution in [1.82, 2.24) is 0 Å². The molecule has 0 saturated heterocycles. The van der Waals surface area contributed by atoms with Gasteiger partial charge in [0.15, 0.2) is 0 Å². The maximum Gasteiger partial charge on any atom is 0.224 e. The highest BCUT2D eigenvalue weighted by Gasteiger charge is 2.18. The predicted octanol–water partition coefficient (Wildman–Crippen LogP) is 4.28. The Morgan fingerprint density at radius 3 is 2.76 bits per heavy atom. The summed E-state index contributed by atoms with van der Waals surface area (Å²) in [7, 11) is 0. The van der Waals surface area contributed by atoms with E-state index < -0.39 is 0 Å². The average Bonchev–Trinajstić information content (AvgIpc) is 2.76. The molecule has 0 spiro atoms. The van der Waals surface area contributed by atoms with Gasteiger partial charge in [0, 0.05) is 16.6 Å². The molecule has 0 unspecified atom stereocenters. The summed E-state index contributed by atoms with van der Waals surface area (Å²) in [6, 6.07) is 5.92. The van der Waals surface area contributed by atoms with Gasteiger partial charge in [-0.25, -0.2) is 0 Å². The van der Waals surface area contributed by atoms with Gasteiger partial charge in [-0.2, -0.15) is 0 Å². The van der Waals surface area contributed by atoms with Crippen molar-refractivity contribution in [3.8, 4) is 0 Å². The van der Waals surface area contributed by atoms with Crippen LogP contribution in [0.15, 0.2) is 22.7 Å². The van der Waals surface area contributed by atoms with Gasteiger partial charge >= 0.3 is 0 Å². The standard InChI is InChI=1S/C14H18BrNO/c1-10-6-7-12(9-13(10)15)16-14(17)8-11-4-2-3-5-11/h6-7,9,11H,2-5,8H2,1H3,(H,16,17). The van der Waals surface area contributed by atoms with Crippen molar-refractivity contribution >= 4 is 27.5 Å². The molecule has 1 amide bonds. The lowest BCUT2D eigenvalue weighted by Crippen LogP contribution is -2.15. The summed E-state index contributed by atoms with van der Waals surface area (Å²) in [5, 5.41) is 2.97. The second-order valence-corrected chi connectivity index (χ2v) is 5.72. The van der Waals surface area contributed by atoms with Gasteiger partial charge in [0.1, 0.15) is 0 Å². The minimum atomic E-state index is 0.146. The molecule has 1 aromatic rings. The van der Waals surface area contributed by atoms with Crippen LogP contribution in [0.1, 0.15) is 37.7 Å². The van der Waals surface area contributed by atoms with E-state index >= 15 is 0 Å². The van der Waals surface area contributed by atoms with E-state index in [0.29, 0.717) is 12.3 Å². The molecule has 1 aliphatic rings. The molecular formula is C14H18BrNO. The van der Waals surface area contributed by atoms with Crippen LogP contribution in [0.2, 0.25) is 0 Å². The number of nitrogens with one attached hydrogen (secondary N) is 1. The van der Waals surface area contributed by atoms with E-state index in [0.717, 1.165) is 10.2 Å². The number of amides is 1. The van der Waals surface area contributed by atoms with Gasteiger partial charge in [0.2, 0.25) is 5.91 Å². The lowest BCUT2D eigenvalue weighted by atomic mass is 10.0. The molecule has 0 atom stereocenters. The first-order valence-electron chi connectivity index (χ1n) is 6.21. The molecule has 1 saturated carbocycles. The van der Waals surface area contributed by atoms with E-state index in [1.807, 2.05) is 25.1 Å². The summed E-state index contributed by atoms with van der Waals surface area (Å²) in [4.78, 5) is 11.8. The molecule has 0 aromatic heterocycles. The minimum Gasteiger partial charge on any atom is -0.326 e. The maximum absolute atomic E-state index is 11.8. The van der Waals surface area contributed by atoms with Crippen molar-refractivity contribution in [2.24, 2.45) is 5.92 Å². The SMILES string of the molecule is Cc1ccc(NC(=O)CC2CCCC2)cc1Br. The molecule has 17 heavy (non-hydrogen) atoms. The van der Waals surface area contributed by atoms with Gasteiger partial charge in [0.05, 0.1) is 0 Å². The van der Waals surface area contributed by atoms with E-state index in [1.165, 1.54) is 31.2 Å². The average molecular weight is 296 g/mol. The number of hydrogen-bond donors (Lipinski definition) is 1. The molecule has 0 radical (unpaired) electrons. The monoisotopic (exact) mass is 295 g/mol. The Balaban J connectivity index is 1.90. The summed E-state index contributed by atoms with van der Waals surface area (Å²) in [5.74, 6) is 0.747. The van der Waals surface area contributed by atoms with E-state index in [4.69, 9.17) is 0 Å². The lowest BCUT2D eigenvalue weighted by Gasteiger charge is -2.10. The Bertz CT molecular complexity index is 411. The number of carbonyl (C=O) groups excluding carboxylic acids is 1. The Hall–Kier alpha value is -0.830. The molecule has 1 aliphatic carbocycles. The van der Waals surface area contributed by atoms with Crippen LogP contribution in [0.25, 0.3) is 0 Å². The number of halogens is 1. The molecule has 92 valence electrons. The van der Waals surface area contributed by atoms with Crippen molar-refractivity contribution in [3.63, 3.8) is 0 Å². The fourth-order valence-electron chi connectivity index (χ4n) is 2.36. The number of carbonyl (C=O) groups is 1. The summed E-state index contributed by atoms with van der Waals surface area (Å²) in [5.41, 5.74) is 2.06. The Kier molecular flexibility index (Phi) is 4.21. The number of benzene rings is 1. The molecular weight excluding hydrogens is 278 g/mol. The number of rotatable bonds is 3. The first-order chi connectivity index (χ1) is 8.15. The summed E-state index contributed by atoms with van der Waals surface area (Å²) in [6.07, 6.45) is 5.67. The minimum absolute atomic E-state index is 0.146.